The van der Waals surface area contributed by atoms with Crippen LogP contribution in [-0.4, -0.2) is 33.1 Å². The van der Waals surface area contributed by atoms with E-state index in [4.69, 9.17) is 0 Å². The summed E-state index contributed by atoms with van der Waals surface area (Å²) in [5.74, 6) is -0.182. The van der Waals surface area contributed by atoms with Gasteiger partial charge < -0.3 is 14.6 Å². The van der Waals surface area contributed by atoms with Crippen molar-refractivity contribution in [1.82, 2.24) is 9.88 Å². The molecule has 28 heavy (non-hydrogen) atoms. The largest absolute Gasteiger partial charge is 0.417 e. The van der Waals surface area contributed by atoms with Gasteiger partial charge in [-0.3, -0.25) is 4.79 Å². The van der Waals surface area contributed by atoms with E-state index in [9.17, 15) is 22.2 Å². The number of amides is 1. The van der Waals surface area contributed by atoms with Crippen LogP contribution in [0, 0.1) is 13.8 Å². The van der Waals surface area contributed by atoms with Crippen LogP contribution in [-0.2, 0) is 17.2 Å². The first-order chi connectivity index (χ1) is 13.1. The summed E-state index contributed by atoms with van der Waals surface area (Å²) < 4.78 is 54.2. The Bertz CT molecular complexity index is 937. The molecule has 1 aliphatic heterocycles. The van der Waals surface area contributed by atoms with Gasteiger partial charge in [-0.15, -0.1) is 0 Å². The van der Waals surface area contributed by atoms with E-state index in [1.165, 1.54) is 12.1 Å². The normalized spacial score (nSPS) is 15.7. The van der Waals surface area contributed by atoms with E-state index in [1.807, 2.05) is 0 Å². The number of nitrogens with one attached hydrogen (secondary N) is 2. The summed E-state index contributed by atoms with van der Waals surface area (Å²) in [5.41, 5.74) is 0.986. The number of alkyl halides is 3. The monoisotopic (exact) mass is 477 g/mol. The lowest BCUT2D eigenvalue weighted by atomic mass is 10.2. The molecule has 1 aromatic heterocycles. The number of carbonyl (C=O) groups excluding carboxylic acids is 1. The molecule has 1 amide bonds. The van der Waals surface area contributed by atoms with Gasteiger partial charge in [-0.1, -0.05) is 15.9 Å². The minimum Gasteiger partial charge on any atom is -0.361 e. The molecule has 2 aromatic rings. The van der Waals surface area contributed by atoms with E-state index < -0.39 is 22.7 Å². The summed E-state index contributed by atoms with van der Waals surface area (Å²) in [5, 5.41) is 0. The molecule has 1 fully saturated rings. The first-order valence-electron chi connectivity index (χ1n) is 8.63. The minimum atomic E-state index is -4.49. The number of likely N-dealkylation sites (tertiary alicyclic amines) is 1. The molecule has 1 aliphatic rings. The van der Waals surface area contributed by atoms with Crippen LogP contribution in [0.2, 0.25) is 0 Å². The van der Waals surface area contributed by atoms with Crippen molar-refractivity contribution in [2.45, 2.75) is 37.8 Å². The lowest BCUT2D eigenvalue weighted by Gasteiger charge is -2.17. The summed E-state index contributed by atoms with van der Waals surface area (Å²) in [6, 6.07) is 3.34. The van der Waals surface area contributed by atoms with Gasteiger partial charge in [0, 0.05) is 34.6 Å². The molecule has 5 nitrogen and oxygen atoms in total. The summed E-state index contributed by atoms with van der Waals surface area (Å²) >= 11 is 2.90. The maximum atomic E-state index is 13.0. The van der Waals surface area contributed by atoms with Crippen molar-refractivity contribution in [3.8, 4) is 0 Å². The van der Waals surface area contributed by atoms with Crippen LogP contribution in [0.25, 0.3) is 0 Å². The molecule has 2 heterocycles. The Hall–Kier alpha value is -1.81. The second-order valence-electron chi connectivity index (χ2n) is 6.64. The Balaban J connectivity index is 1.89. The fourth-order valence-corrected chi connectivity index (χ4v) is 5.09. The van der Waals surface area contributed by atoms with Gasteiger partial charge in [-0.25, -0.2) is 4.21 Å². The number of H-pyrrole nitrogens is 1. The van der Waals surface area contributed by atoms with Crippen LogP contribution < -0.4 is 4.72 Å². The highest BCUT2D eigenvalue weighted by Crippen LogP contribution is 2.36. The number of hydrogen-bond donors (Lipinski definition) is 2. The topological polar surface area (TPSA) is 65.2 Å². The van der Waals surface area contributed by atoms with Gasteiger partial charge in [0.25, 0.3) is 5.91 Å². The summed E-state index contributed by atoms with van der Waals surface area (Å²) in [6.07, 6.45) is -2.62. The SMILES string of the molecule is Cc1[nH]c(C)c(S(=O)Nc2ccc(C(F)(F)F)c(Br)c2)c1C(=O)N1CCCC1. The fraction of sp³-hybridized carbons (Fsp3) is 0.389. The molecule has 2 N–H and O–H groups in total. The van der Waals surface area contributed by atoms with Crippen molar-refractivity contribution in [2.24, 2.45) is 0 Å². The highest BCUT2D eigenvalue weighted by atomic mass is 79.9. The molecular formula is C18H19BrF3N3O2S. The average molecular weight is 478 g/mol. The third-order valence-corrected chi connectivity index (χ3v) is 6.55. The number of anilines is 1. The number of aromatic amines is 1. The zero-order chi connectivity index (χ0) is 20.6. The van der Waals surface area contributed by atoms with E-state index in [0.717, 1.165) is 18.9 Å². The van der Waals surface area contributed by atoms with Gasteiger partial charge in [0.05, 0.1) is 16.0 Å². The quantitative estimate of drug-likeness (QED) is 0.664. The molecule has 0 radical (unpaired) electrons. The molecule has 3 rings (SSSR count). The van der Waals surface area contributed by atoms with Gasteiger partial charge in [0.15, 0.2) is 11.0 Å². The van der Waals surface area contributed by atoms with Crippen molar-refractivity contribution in [2.75, 3.05) is 17.8 Å². The number of hydrogen-bond acceptors (Lipinski definition) is 2. The van der Waals surface area contributed by atoms with Crippen molar-refractivity contribution < 1.29 is 22.2 Å². The number of aromatic nitrogens is 1. The first-order valence-corrected chi connectivity index (χ1v) is 10.6. The Labute approximate surface area is 171 Å². The molecule has 1 saturated heterocycles. The minimum absolute atomic E-state index is 0.155. The van der Waals surface area contributed by atoms with Gasteiger partial charge in [-0.2, -0.15) is 13.2 Å². The van der Waals surface area contributed by atoms with E-state index >= 15 is 0 Å². The second kappa shape index (κ2) is 7.90. The number of halogens is 4. The summed E-state index contributed by atoms with van der Waals surface area (Å²) in [4.78, 5) is 18.0. The summed E-state index contributed by atoms with van der Waals surface area (Å²) in [6.45, 7) is 4.78. The third-order valence-electron chi connectivity index (χ3n) is 4.60. The lowest BCUT2D eigenvalue weighted by Crippen LogP contribution is -2.29. The highest BCUT2D eigenvalue weighted by molar-refractivity contribution is 9.10. The molecule has 1 unspecified atom stereocenters. The number of carbonyl (C=O) groups is 1. The van der Waals surface area contributed by atoms with Gasteiger partial charge in [0.2, 0.25) is 0 Å². The maximum Gasteiger partial charge on any atom is 0.417 e. The Morgan fingerprint density at radius 1 is 1.21 bits per heavy atom. The van der Waals surface area contributed by atoms with Gasteiger partial charge in [0.1, 0.15) is 0 Å². The van der Waals surface area contributed by atoms with E-state index in [0.29, 0.717) is 34.9 Å². The van der Waals surface area contributed by atoms with Crippen LogP contribution in [0.15, 0.2) is 27.6 Å². The number of nitrogens with zero attached hydrogens (tertiary/aromatic N) is 1. The van der Waals surface area contributed by atoms with Crippen molar-refractivity contribution in [3.05, 3.63) is 45.2 Å². The molecule has 0 bridgehead atoms. The Morgan fingerprint density at radius 3 is 2.43 bits per heavy atom. The molecule has 0 aliphatic carbocycles. The van der Waals surface area contributed by atoms with Crippen LogP contribution in [0.4, 0.5) is 18.9 Å². The van der Waals surface area contributed by atoms with Crippen LogP contribution in [0.1, 0.15) is 40.2 Å². The molecule has 152 valence electrons. The number of rotatable bonds is 4. The van der Waals surface area contributed by atoms with Crippen LogP contribution in [0.5, 0.6) is 0 Å². The summed E-state index contributed by atoms with van der Waals surface area (Å²) in [7, 11) is -1.82. The molecular weight excluding hydrogens is 459 g/mol. The van der Waals surface area contributed by atoms with Crippen molar-refractivity contribution in [3.63, 3.8) is 0 Å². The van der Waals surface area contributed by atoms with Gasteiger partial charge in [-0.05, 0) is 44.9 Å². The first kappa shape index (κ1) is 20.9. The van der Waals surface area contributed by atoms with E-state index in [-0.39, 0.29) is 16.1 Å². The second-order valence-corrected chi connectivity index (χ2v) is 8.65. The maximum absolute atomic E-state index is 13.0. The van der Waals surface area contributed by atoms with E-state index in [2.05, 4.69) is 25.6 Å². The zero-order valence-corrected chi connectivity index (χ0v) is 17.6. The van der Waals surface area contributed by atoms with Crippen LogP contribution >= 0.6 is 15.9 Å². The fourth-order valence-electron chi connectivity index (χ4n) is 3.29. The molecule has 10 heteroatoms. The molecule has 0 saturated carbocycles. The van der Waals surface area contributed by atoms with E-state index in [1.54, 1.807) is 18.7 Å². The zero-order valence-electron chi connectivity index (χ0n) is 15.2. The van der Waals surface area contributed by atoms with Gasteiger partial charge >= 0.3 is 6.18 Å². The standard InChI is InChI=1S/C18H19BrF3N3O2S/c1-10-15(17(26)25-7-3-4-8-25)16(11(2)23-10)28(27)24-12-5-6-13(14(19)9-12)18(20,21)22/h5-6,9,23-24H,3-4,7-8H2,1-2H3. The molecule has 1 aromatic carbocycles. The van der Waals surface area contributed by atoms with Crippen LogP contribution in [0.3, 0.4) is 0 Å². The molecule has 0 spiro atoms. The van der Waals surface area contributed by atoms with Crippen molar-refractivity contribution in [1.29, 1.82) is 0 Å². The third kappa shape index (κ3) is 4.12. The van der Waals surface area contributed by atoms with Crippen molar-refractivity contribution >= 4 is 38.5 Å². The highest BCUT2D eigenvalue weighted by Gasteiger charge is 2.33. The molecule has 1 atom stereocenters. The Morgan fingerprint density at radius 2 is 1.86 bits per heavy atom. The predicted octanol–water partition coefficient (Wildman–Crippen LogP) is 4.78. The Kier molecular flexibility index (Phi) is 5.90. The predicted molar refractivity (Wildman–Crippen MR) is 105 cm³/mol. The smallest absolute Gasteiger partial charge is 0.361 e. The average Bonchev–Trinajstić information content (AvgIpc) is 3.20. The lowest BCUT2D eigenvalue weighted by molar-refractivity contribution is -0.138. The number of benzene rings is 1. The number of aryl methyl sites for hydroxylation is 2.